The fourth-order valence-electron chi connectivity index (χ4n) is 1.67. The molecule has 1 unspecified atom stereocenters. The van der Waals surface area contributed by atoms with Gasteiger partial charge in [-0.3, -0.25) is 4.79 Å². The van der Waals surface area contributed by atoms with Gasteiger partial charge in [0, 0.05) is 31.5 Å². The molecule has 0 saturated carbocycles. The number of carbonyl (C=O) groups excluding carboxylic acids is 1. The van der Waals surface area contributed by atoms with Crippen molar-refractivity contribution in [3.63, 3.8) is 0 Å². The third kappa shape index (κ3) is 3.75. The summed E-state index contributed by atoms with van der Waals surface area (Å²) in [7, 11) is 3.31. The highest BCUT2D eigenvalue weighted by molar-refractivity contribution is 5.94. The van der Waals surface area contributed by atoms with Crippen LogP contribution in [-0.4, -0.2) is 32.7 Å². The zero-order valence-electron chi connectivity index (χ0n) is 10.8. The lowest BCUT2D eigenvalue weighted by Gasteiger charge is -2.16. The van der Waals surface area contributed by atoms with E-state index < -0.39 is 0 Å². The Morgan fingerprint density at radius 1 is 1.47 bits per heavy atom. The van der Waals surface area contributed by atoms with Crippen molar-refractivity contribution >= 4 is 11.6 Å². The van der Waals surface area contributed by atoms with Crippen molar-refractivity contribution in [3.05, 3.63) is 29.3 Å². The standard InChI is InChI=1S/C13H20N2O2/c1-9-7-11(13(16)14-3)5-6-12(9)15-10(2)8-17-4/h5-7,10,15H,8H2,1-4H3,(H,14,16). The van der Waals surface area contributed by atoms with Gasteiger partial charge in [-0.05, 0) is 37.6 Å². The van der Waals surface area contributed by atoms with Gasteiger partial charge in [0.15, 0.2) is 0 Å². The molecule has 0 aliphatic heterocycles. The summed E-state index contributed by atoms with van der Waals surface area (Å²) in [4.78, 5) is 11.5. The van der Waals surface area contributed by atoms with Crippen LogP contribution in [0, 0.1) is 6.92 Å². The lowest BCUT2D eigenvalue weighted by molar-refractivity contribution is 0.0963. The van der Waals surface area contributed by atoms with Crippen molar-refractivity contribution in [2.75, 3.05) is 26.1 Å². The predicted octanol–water partition coefficient (Wildman–Crippen LogP) is 1.80. The maximum atomic E-state index is 11.5. The minimum absolute atomic E-state index is 0.0652. The zero-order valence-corrected chi connectivity index (χ0v) is 10.8. The van der Waals surface area contributed by atoms with Gasteiger partial charge >= 0.3 is 0 Å². The normalized spacial score (nSPS) is 12.0. The van der Waals surface area contributed by atoms with Gasteiger partial charge in [-0.1, -0.05) is 0 Å². The van der Waals surface area contributed by atoms with E-state index in [0.29, 0.717) is 12.2 Å². The number of ether oxygens (including phenoxy) is 1. The largest absolute Gasteiger partial charge is 0.383 e. The molecule has 0 aromatic heterocycles. The van der Waals surface area contributed by atoms with Gasteiger partial charge in [0.2, 0.25) is 0 Å². The molecule has 1 rings (SSSR count). The van der Waals surface area contributed by atoms with E-state index in [4.69, 9.17) is 4.74 Å². The second-order valence-corrected chi connectivity index (χ2v) is 4.11. The number of hydrogen-bond donors (Lipinski definition) is 2. The maximum Gasteiger partial charge on any atom is 0.251 e. The summed E-state index contributed by atoms with van der Waals surface area (Å²) >= 11 is 0. The molecular formula is C13H20N2O2. The van der Waals surface area contributed by atoms with Crippen molar-refractivity contribution in [3.8, 4) is 0 Å². The average Bonchev–Trinajstić information content (AvgIpc) is 2.31. The van der Waals surface area contributed by atoms with Gasteiger partial charge < -0.3 is 15.4 Å². The first kappa shape index (κ1) is 13.5. The molecule has 4 heteroatoms. The van der Waals surface area contributed by atoms with E-state index in [1.807, 2.05) is 25.1 Å². The molecule has 1 aromatic rings. The monoisotopic (exact) mass is 236 g/mol. The summed E-state index contributed by atoms with van der Waals surface area (Å²) in [5.41, 5.74) is 2.76. The van der Waals surface area contributed by atoms with E-state index in [1.54, 1.807) is 14.2 Å². The summed E-state index contributed by atoms with van der Waals surface area (Å²) in [6.07, 6.45) is 0. The number of methoxy groups -OCH3 is 1. The summed E-state index contributed by atoms with van der Waals surface area (Å²) in [5, 5.41) is 5.95. The van der Waals surface area contributed by atoms with E-state index >= 15 is 0 Å². The van der Waals surface area contributed by atoms with Crippen molar-refractivity contribution < 1.29 is 9.53 Å². The first-order valence-electron chi connectivity index (χ1n) is 5.66. The summed E-state index contributed by atoms with van der Waals surface area (Å²) in [6.45, 7) is 4.68. The minimum atomic E-state index is -0.0652. The van der Waals surface area contributed by atoms with Crippen LogP contribution < -0.4 is 10.6 Å². The van der Waals surface area contributed by atoms with Crippen molar-refractivity contribution in [1.29, 1.82) is 0 Å². The Hall–Kier alpha value is -1.55. The number of carbonyl (C=O) groups is 1. The van der Waals surface area contributed by atoms with Gasteiger partial charge in [-0.25, -0.2) is 0 Å². The Morgan fingerprint density at radius 3 is 2.71 bits per heavy atom. The Bertz CT molecular complexity index is 391. The van der Waals surface area contributed by atoms with Crippen molar-refractivity contribution in [1.82, 2.24) is 5.32 Å². The second-order valence-electron chi connectivity index (χ2n) is 4.11. The molecular weight excluding hydrogens is 216 g/mol. The fourth-order valence-corrected chi connectivity index (χ4v) is 1.67. The average molecular weight is 236 g/mol. The highest BCUT2D eigenvalue weighted by Gasteiger charge is 2.07. The van der Waals surface area contributed by atoms with Crippen LogP contribution in [0.5, 0.6) is 0 Å². The van der Waals surface area contributed by atoms with Crippen LogP contribution in [0.1, 0.15) is 22.8 Å². The molecule has 1 amide bonds. The number of hydrogen-bond acceptors (Lipinski definition) is 3. The number of benzene rings is 1. The number of anilines is 1. The van der Waals surface area contributed by atoms with E-state index in [-0.39, 0.29) is 11.9 Å². The molecule has 1 atom stereocenters. The van der Waals surface area contributed by atoms with Gasteiger partial charge in [0.1, 0.15) is 0 Å². The number of aryl methyl sites for hydroxylation is 1. The number of rotatable bonds is 5. The van der Waals surface area contributed by atoms with Crippen LogP contribution in [0.15, 0.2) is 18.2 Å². The third-order valence-corrected chi connectivity index (χ3v) is 2.53. The molecule has 2 N–H and O–H groups in total. The summed E-state index contributed by atoms with van der Waals surface area (Å²) in [6, 6.07) is 5.85. The zero-order chi connectivity index (χ0) is 12.8. The molecule has 0 bridgehead atoms. The minimum Gasteiger partial charge on any atom is -0.383 e. The Balaban J connectivity index is 2.79. The van der Waals surface area contributed by atoms with Crippen molar-refractivity contribution in [2.24, 2.45) is 0 Å². The molecule has 4 nitrogen and oxygen atoms in total. The van der Waals surface area contributed by atoms with E-state index in [2.05, 4.69) is 17.6 Å². The quantitative estimate of drug-likeness (QED) is 0.819. The topological polar surface area (TPSA) is 50.4 Å². The van der Waals surface area contributed by atoms with Gasteiger partial charge in [0.25, 0.3) is 5.91 Å². The Morgan fingerprint density at radius 2 is 2.18 bits per heavy atom. The lowest BCUT2D eigenvalue weighted by atomic mass is 10.1. The highest BCUT2D eigenvalue weighted by atomic mass is 16.5. The molecule has 1 aromatic carbocycles. The lowest BCUT2D eigenvalue weighted by Crippen LogP contribution is -2.22. The smallest absolute Gasteiger partial charge is 0.251 e. The number of nitrogens with one attached hydrogen (secondary N) is 2. The molecule has 0 heterocycles. The molecule has 0 aliphatic rings. The molecule has 94 valence electrons. The van der Waals surface area contributed by atoms with Crippen LogP contribution in [-0.2, 0) is 4.74 Å². The van der Waals surface area contributed by atoms with Crippen LogP contribution in [0.25, 0.3) is 0 Å². The summed E-state index contributed by atoms with van der Waals surface area (Å²) < 4.78 is 5.07. The second kappa shape index (κ2) is 6.25. The Labute approximate surface area is 102 Å². The fraction of sp³-hybridized carbons (Fsp3) is 0.462. The number of amides is 1. The maximum absolute atomic E-state index is 11.5. The van der Waals surface area contributed by atoms with Gasteiger partial charge in [-0.15, -0.1) is 0 Å². The van der Waals surface area contributed by atoms with Gasteiger partial charge in [0.05, 0.1) is 6.61 Å². The van der Waals surface area contributed by atoms with Crippen molar-refractivity contribution in [2.45, 2.75) is 19.9 Å². The van der Waals surface area contributed by atoms with Crippen LogP contribution in [0.4, 0.5) is 5.69 Å². The van der Waals surface area contributed by atoms with Crippen LogP contribution >= 0.6 is 0 Å². The highest BCUT2D eigenvalue weighted by Crippen LogP contribution is 2.17. The third-order valence-electron chi connectivity index (χ3n) is 2.53. The molecule has 0 saturated heterocycles. The molecule has 0 spiro atoms. The SMILES string of the molecule is CNC(=O)c1ccc(NC(C)COC)c(C)c1. The van der Waals surface area contributed by atoms with E-state index in [0.717, 1.165) is 11.3 Å². The first-order valence-corrected chi connectivity index (χ1v) is 5.66. The molecule has 0 fully saturated rings. The molecule has 0 aliphatic carbocycles. The molecule has 17 heavy (non-hydrogen) atoms. The summed E-state index contributed by atoms with van der Waals surface area (Å²) in [5.74, 6) is -0.0652. The van der Waals surface area contributed by atoms with Crippen LogP contribution in [0.2, 0.25) is 0 Å². The van der Waals surface area contributed by atoms with E-state index in [9.17, 15) is 4.79 Å². The van der Waals surface area contributed by atoms with E-state index in [1.165, 1.54) is 0 Å². The Kier molecular flexibility index (Phi) is 4.97. The first-order chi connectivity index (χ1) is 8.08. The van der Waals surface area contributed by atoms with Gasteiger partial charge in [-0.2, -0.15) is 0 Å². The molecule has 0 radical (unpaired) electrons. The predicted molar refractivity (Wildman–Crippen MR) is 69.5 cm³/mol. The van der Waals surface area contributed by atoms with Crippen LogP contribution in [0.3, 0.4) is 0 Å².